The second-order valence-corrected chi connectivity index (χ2v) is 9.20. The highest BCUT2D eigenvalue weighted by atomic mass is 32.2. The van der Waals surface area contributed by atoms with Gasteiger partial charge in [-0.05, 0) is 49.6 Å². The van der Waals surface area contributed by atoms with E-state index in [0.29, 0.717) is 0 Å². The first kappa shape index (κ1) is 18.4. The predicted octanol–water partition coefficient (Wildman–Crippen LogP) is 4.80. The molecule has 5 nitrogen and oxygen atoms in total. The van der Waals surface area contributed by atoms with Crippen LogP contribution >= 0.6 is 23.1 Å². The Morgan fingerprint density at radius 1 is 1.21 bits per heavy atom. The SMILES string of the molecule is CSc1ccc(-c2ccc3c(ccc4sc5c(c43)N(C)C[C@@H](C)NC5=O)n2)cn1. The second kappa shape index (κ2) is 7.00. The number of thiophene rings is 1. The molecule has 0 spiro atoms. The molecule has 1 aliphatic rings. The van der Waals surface area contributed by atoms with Gasteiger partial charge in [-0.3, -0.25) is 4.79 Å². The van der Waals surface area contributed by atoms with Crippen LogP contribution in [0.2, 0.25) is 0 Å². The molecule has 0 saturated heterocycles. The van der Waals surface area contributed by atoms with E-state index >= 15 is 0 Å². The second-order valence-electron chi connectivity index (χ2n) is 7.33. The first-order chi connectivity index (χ1) is 14.0. The summed E-state index contributed by atoms with van der Waals surface area (Å²) in [4.78, 5) is 25.0. The summed E-state index contributed by atoms with van der Waals surface area (Å²) in [5.41, 5.74) is 3.84. The number of benzene rings is 1. The zero-order chi connectivity index (χ0) is 20.1. The molecule has 4 aromatic rings. The van der Waals surface area contributed by atoms with Crippen LogP contribution in [0.3, 0.4) is 0 Å². The summed E-state index contributed by atoms with van der Waals surface area (Å²) in [6, 6.07) is 12.5. The summed E-state index contributed by atoms with van der Waals surface area (Å²) in [7, 11) is 2.06. The van der Waals surface area contributed by atoms with Crippen LogP contribution in [0.25, 0.3) is 32.2 Å². The van der Waals surface area contributed by atoms with E-state index in [9.17, 15) is 4.79 Å². The van der Waals surface area contributed by atoms with Gasteiger partial charge in [-0.15, -0.1) is 23.1 Å². The number of amides is 1. The molecule has 3 aromatic heterocycles. The zero-order valence-electron chi connectivity index (χ0n) is 16.4. The van der Waals surface area contributed by atoms with E-state index < -0.39 is 0 Å². The standard InChI is InChI=1S/C22H20N4OS2/c1-12-11-26(2)20-19-14-5-6-15(13-4-9-18(28-3)23-10-13)25-16(14)7-8-17(19)29-21(20)22(27)24-12/h4-10,12H,11H2,1-3H3,(H,24,27)/t12-/m1/s1. The number of aromatic nitrogens is 2. The van der Waals surface area contributed by atoms with Crippen LogP contribution in [0.1, 0.15) is 16.6 Å². The highest BCUT2D eigenvalue weighted by Crippen LogP contribution is 2.43. The highest BCUT2D eigenvalue weighted by molar-refractivity contribution is 7.98. The normalized spacial score (nSPS) is 16.7. The molecule has 0 saturated carbocycles. The fourth-order valence-corrected chi connectivity index (χ4v) is 5.49. The minimum Gasteiger partial charge on any atom is -0.371 e. The molecular weight excluding hydrogens is 400 g/mol. The molecule has 1 aliphatic heterocycles. The maximum atomic E-state index is 12.7. The molecule has 1 atom stereocenters. The first-order valence-corrected chi connectivity index (χ1v) is 11.5. The minimum absolute atomic E-state index is 0.00994. The van der Waals surface area contributed by atoms with Gasteiger partial charge in [-0.1, -0.05) is 0 Å². The largest absolute Gasteiger partial charge is 0.371 e. The fraction of sp³-hybridized carbons (Fsp3) is 0.227. The van der Waals surface area contributed by atoms with Crippen molar-refractivity contribution in [3.8, 4) is 11.3 Å². The molecule has 0 aliphatic carbocycles. The number of carbonyl (C=O) groups excluding carboxylic acids is 1. The molecule has 146 valence electrons. The van der Waals surface area contributed by atoms with Crippen molar-refractivity contribution in [2.24, 2.45) is 0 Å². The lowest BCUT2D eigenvalue weighted by atomic mass is 10.1. The van der Waals surface area contributed by atoms with Crippen molar-refractivity contribution >= 4 is 55.7 Å². The topological polar surface area (TPSA) is 58.1 Å². The van der Waals surface area contributed by atoms with E-state index in [1.54, 1.807) is 23.1 Å². The maximum absolute atomic E-state index is 12.7. The third kappa shape index (κ3) is 3.05. The monoisotopic (exact) mass is 420 g/mol. The summed E-state index contributed by atoms with van der Waals surface area (Å²) < 4.78 is 1.11. The minimum atomic E-state index is 0.00994. The van der Waals surface area contributed by atoms with Crippen LogP contribution in [0, 0.1) is 0 Å². The molecule has 1 amide bonds. The van der Waals surface area contributed by atoms with Gasteiger partial charge in [0, 0.05) is 46.9 Å². The number of likely N-dealkylation sites (N-methyl/N-ethyl adjacent to an activating group) is 1. The number of rotatable bonds is 2. The Balaban J connectivity index is 1.70. The maximum Gasteiger partial charge on any atom is 0.263 e. The van der Waals surface area contributed by atoms with Gasteiger partial charge in [0.25, 0.3) is 5.91 Å². The number of hydrogen-bond acceptors (Lipinski definition) is 6. The van der Waals surface area contributed by atoms with Crippen LogP contribution in [-0.4, -0.2) is 41.8 Å². The fourth-order valence-electron chi connectivity index (χ4n) is 3.95. The average molecular weight is 421 g/mol. The number of fused-ring (bicyclic) bond motifs is 5. The molecule has 4 heterocycles. The van der Waals surface area contributed by atoms with Crippen molar-refractivity contribution in [3.63, 3.8) is 0 Å². The lowest BCUT2D eigenvalue weighted by Gasteiger charge is -2.20. The first-order valence-electron chi connectivity index (χ1n) is 9.44. The Kier molecular flexibility index (Phi) is 4.44. The summed E-state index contributed by atoms with van der Waals surface area (Å²) in [5.74, 6) is 0.00994. The van der Waals surface area contributed by atoms with Crippen molar-refractivity contribution in [1.82, 2.24) is 15.3 Å². The van der Waals surface area contributed by atoms with Crippen LogP contribution in [0.4, 0.5) is 5.69 Å². The van der Waals surface area contributed by atoms with Gasteiger partial charge < -0.3 is 10.2 Å². The zero-order valence-corrected chi connectivity index (χ0v) is 18.0. The molecule has 29 heavy (non-hydrogen) atoms. The number of hydrogen-bond donors (Lipinski definition) is 1. The molecule has 0 fully saturated rings. The quantitative estimate of drug-likeness (QED) is 0.472. The summed E-state index contributed by atoms with van der Waals surface area (Å²) in [6.07, 6.45) is 3.89. The van der Waals surface area contributed by atoms with Crippen LogP contribution in [-0.2, 0) is 0 Å². The van der Waals surface area contributed by atoms with E-state index in [0.717, 1.165) is 54.4 Å². The van der Waals surface area contributed by atoms with Crippen LogP contribution in [0.15, 0.2) is 47.6 Å². The summed E-state index contributed by atoms with van der Waals surface area (Å²) in [6.45, 7) is 2.81. The molecule has 5 rings (SSSR count). The van der Waals surface area contributed by atoms with Gasteiger partial charge >= 0.3 is 0 Å². The Bertz CT molecular complexity index is 1250. The van der Waals surface area contributed by atoms with E-state index in [2.05, 4.69) is 40.4 Å². The van der Waals surface area contributed by atoms with Crippen LogP contribution in [0.5, 0.6) is 0 Å². The molecule has 0 bridgehead atoms. The van der Waals surface area contributed by atoms with E-state index in [4.69, 9.17) is 4.98 Å². The van der Waals surface area contributed by atoms with Crippen molar-refractivity contribution in [1.29, 1.82) is 0 Å². The molecule has 1 aromatic carbocycles. The van der Waals surface area contributed by atoms with Crippen molar-refractivity contribution < 1.29 is 4.79 Å². The Morgan fingerprint density at radius 2 is 2.07 bits per heavy atom. The van der Waals surface area contributed by atoms with Gasteiger partial charge in [-0.2, -0.15) is 0 Å². The summed E-state index contributed by atoms with van der Waals surface area (Å²) >= 11 is 3.18. The van der Waals surface area contributed by atoms with Gasteiger partial charge in [0.1, 0.15) is 4.88 Å². The van der Waals surface area contributed by atoms with Gasteiger partial charge in [-0.25, -0.2) is 9.97 Å². The number of carbonyl (C=O) groups is 1. The summed E-state index contributed by atoms with van der Waals surface area (Å²) in [5, 5.41) is 6.27. The number of nitrogens with zero attached hydrogens (tertiary/aromatic N) is 3. The van der Waals surface area contributed by atoms with Crippen LogP contribution < -0.4 is 10.2 Å². The molecular formula is C22H20N4OS2. The third-order valence-corrected chi connectivity index (χ3v) is 7.05. The Morgan fingerprint density at radius 3 is 2.83 bits per heavy atom. The lowest BCUT2D eigenvalue weighted by molar-refractivity contribution is 0.0949. The average Bonchev–Trinajstić information content (AvgIpc) is 3.09. The van der Waals surface area contributed by atoms with Gasteiger partial charge in [0.15, 0.2) is 0 Å². The van der Waals surface area contributed by atoms with Crippen molar-refractivity contribution in [2.45, 2.75) is 18.0 Å². The number of pyridine rings is 2. The smallest absolute Gasteiger partial charge is 0.263 e. The highest BCUT2D eigenvalue weighted by Gasteiger charge is 2.27. The van der Waals surface area contributed by atoms with E-state index in [1.807, 2.05) is 37.6 Å². The number of thioether (sulfide) groups is 1. The van der Waals surface area contributed by atoms with Gasteiger partial charge in [0.05, 0.1) is 21.9 Å². The predicted molar refractivity (Wildman–Crippen MR) is 122 cm³/mol. The van der Waals surface area contributed by atoms with E-state index in [-0.39, 0.29) is 11.9 Å². The van der Waals surface area contributed by atoms with Crippen molar-refractivity contribution in [2.75, 3.05) is 24.7 Å². The molecule has 0 unspecified atom stereocenters. The van der Waals surface area contributed by atoms with Crippen molar-refractivity contribution in [3.05, 3.63) is 47.5 Å². The number of anilines is 1. The van der Waals surface area contributed by atoms with Gasteiger partial charge in [0.2, 0.25) is 0 Å². The van der Waals surface area contributed by atoms with E-state index in [1.165, 1.54) is 0 Å². The molecule has 0 radical (unpaired) electrons. The third-order valence-electron chi connectivity index (χ3n) is 5.25. The Hall–Kier alpha value is -2.64. The number of nitrogens with one attached hydrogen (secondary N) is 1. The molecule has 1 N–H and O–H groups in total. The molecule has 7 heteroatoms. The Labute approximate surface area is 177 Å². The lowest BCUT2D eigenvalue weighted by Crippen LogP contribution is -2.36.